The van der Waals surface area contributed by atoms with E-state index in [1.54, 1.807) is 12.3 Å². The Hall–Kier alpha value is -3.50. The van der Waals surface area contributed by atoms with Crippen LogP contribution < -0.4 is 5.56 Å². The van der Waals surface area contributed by atoms with Gasteiger partial charge in [-0.15, -0.1) is 0 Å². The smallest absolute Gasteiger partial charge is 0.298 e. The number of benzene rings is 1. The Balaban J connectivity index is 1.60. The first-order valence-electron chi connectivity index (χ1n) is 11.6. The van der Waals surface area contributed by atoms with Gasteiger partial charge in [0.05, 0.1) is 17.8 Å². The van der Waals surface area contributed by atoms with Crippen LogP contribution in [-0.4, -0.2) is 26.5 Å². The largest absolute Gasteiger partial charge is 0.416 e. The number of alkyl halides is 6. The molecule has 1 aliphatic rings. The number of carbonyl (C=O) groups excluding carboxylic acids is 1. The summed E-state index contributed by atoms with van der Waals surface area (Å²) in [5, 5.41) is 0. The predicted molar refractivity (Wildman–Crippen MR) is 123 cm³/mol. The molecule has 0 N–H and O–H groups in total. The van der Waals surface area contributed by atoms with Gasteiger partial charge >= 0.3 is 12.4 Å². The van der Waals surface area contributed by atoms with E-state index in [0.717, 1.165) is 53.4 Å². The second kappa shape index (κ2) is 10.1. The molecule has 4 rings (SSSR count). The molecule has 1 aliphatic carbocycles. The Morgan fingerprint density at radius 1 is 1.00 bits per heavy atom. The lowest BCUT2D eigenvalue weighted by Gasteiger charge is -2.17. The van der Waals surface area contributed by atoms with Crippen LogP contribution in [0.2, 0.25) is 0 Å². The molecule has 0 unspecified atom stereocenters. The van der Waals surface area contributed by atoms with Gasteiger partial charge < -0.3 is 0 Å². The van der Waals surface area contributed by atoms with Crippen molar-refractivity contribution in [1.82, 2.24) is 14.5 Å². The average molecular weight is 523 g/mol. The molecule has 196 valence electrons. The average Bonchev–Trinajstić information content (AvgIpc) is 3.61. The SMILES string of the molecule is O=C(Cn1c(CCCC(F)(F)F)nc(-c2ccc(C(F)(F)F)cc2)cc1=O)CC1(c2ccccn2)CC1. The highest BCUT2D eigenvalue weighted by atomic mass is 19.4. The van der Waals surface area contributed by atoms with E-state index >= 15 is 0 Å². The Bertz CT molecular complexity index is 1310. The minimum Gasteiger partial charge on any atom is -0.298 e. The van der Waals surface area contributed by atoms with Gasteiger partial charge in [0.1, 0.15) is 5.82 Å². The molecule has 0 atom stereocenters. The van der Waals surface area contributed by atoms with Crippen LogP contribution in [0.15, 0.2) is 59.5 Å². The zero-order valence-electron chi connectivity index (χ0n) is 19.6. The van der Waals surface area contributed by atoms with Gasteiger partial charge in [0.25, 0.3) is 5.56 Å². The summed E-state index contributed by atoms with van der Waals surface area (Å²) in [6.45, 7) is -0.366. The lowest BCUT2D eigenvalue weighted by Crippen LogP contribution is -2.30. The van der Waals surface area contributed by atoms with E-state index in [9.17, 15) is 35.9 Å². The summed E-state index contributed by atoms with van der Waals surface area (Å²) >= 11 is 0. The van der Waals surface area contributed by atoms with Crippen molar-refractivity contribution in [3.63, 3.8) is 0 Å². The normalized spacial score (nSPS) is 15.0. The fraction of sp³-hybridized carbons (Fsp3) is 0.385. The molecule has 0 radical (unpaired) electrons. The number of Topliss-reactive ketones (excluding diaryl/α,β-unsaturated/α-hetero) is 1. The van der Waals surface area contributed by atoms with E-state index in [1.807, 2.05) is 12.1 Å². The highest BCUT2D eigenvalue weighted by Gasteiger charge is 2.46. The standard InChI is InChI=1S/C26H23F6N3O2/c27-25(28,29)10-3-5-22-34-20(17-6-8-18(9-7-17)26(30,31)32)14-23(37)35(22)16-19(36)15-24(11-12-24)21-4-1-2-13-33-21/h1-2,4,6-9,13-14H,3,5,10-12,15-16H2. The third kappa shape index (κ3) is 6.64. The van der Waals surface area contributed by atoms with Gasteiger partial charge in [-0.1, -0.05) is 18.2 Å². The summed E-state index contributed by atoms with van der Waals surface area (Å²) in [4.78, 5) is 34.5. The van der Waals surface area contributed by atoms with Crippen LogP contribution in [-0.2, 0) is 29.4 Å². The lowest BCUT2D eigenvalue weighted by molar-refractivity contribution is -0.137. The summed E-state index contributed by atoms with van der Waals surface area (Å²) in [5.74, 6) is -0.311. The van der Waals surface area contributed by atoms with Crippen molar-refractivity contribution in [1.29, 1.82) is 0 Å². The minimum atomic E-state index is -4.55. The lowest BCUT2D eigenvalue weighted by atomic mass is 9.94. The van der Waals surface area contributed by atoms with Crippen molar-refractivity contribution in [3.8, 4) is 11.3 Å². The van der Waals surface area contributed by atoms with Crippen molar-refractivity contribution in [2.45, 2.75) is 62.8 Å². The topological polar surface area (TPSA) is 64.8 Å². The summed E-state index contributed by atoms with van der Waals surface area (Å²) in [6.07, 6.45) is -7.39. The molecule has 0 bridgehead atoms. The number of halogens is 6. The molecular weight excluding hydrogens is 500 g/mol. The van der Waals surface area contributed by atoms with Crippen LogP contribution >= 0.6 is 0 Å². The van der Waals surface area contributed by atoms with Crippen molar-refractivity contribution in [2.24, 2.45) is 0 Å². The molecule has 3 aromatic rings. The monoisotopic (exact) mass is 523 g/mol. The number of hydrogen-bond donors (Lipinski definition) is 0. The maximum absolute atomic E-state index is 13.0. The summed E-state index contributed by atoms with van der Waals surface area (Å²) in [7, 11) is 0. The number of aromatic nitrogens is 3. The van der Waals surface area contributed by atoms with E-state index in [1.165, 1.54) is 0 Å². The number of aryl methyl sites for hydroxylation is 1. The number of rotatable bonds is 9. The third-order valence-electron chi connectivity index (χ3n) is 6.39. The van der Waals surface area contributed by atoms with Crippen molar-refractivity contribution in [2.75, 3.05) is 0 Å². The quantitative estimate of drug-likeness (QED) is 0.328. The third-order valence-corrected chi connectivity index (χ3v) is 6.39. The molecule has 0 aliphatic heterocycles. The van der Waals surface area contributed by atoms with Crippen LogP contribution in [0.1, 0.15) is 49.2 Å². The molecule has 1 fully saturated rings. The van der Waals surface area contributed by atoms with Crippen LogP contribution in [0.25, 0.3) is 11.3 Å². The summed E-state index contributed by atoms with van der Waals surface area (Å²) in [6, 6.07) is 10.4. The number of carbonyl (C=O) groups is 1. The Morgan fingerprint density at radius 2 is 1.70 bits per heavy atom. The van der Waals surface area contributed by atoms with E-state index in [0.29, 0.717) is 0 Å². The van der Waals surface area contributed by atoms with E-state index in [4.69, 9.17) is 0 Å². The first-order valence-corrected chi connectivity index (χ1v) is 11.6. The highest BCUT2D eigenvalue weighted by molar-refractivity contribution is 5.80. The van der Waals surface area contributed by atoms with Gasteiger partial charge in [-0.3, -0.25) is 19.1 Å². The van der Waals surface area contributed by atoms with Crippen LogP contribution in [0.5, 0.6) is 0 Å². The molecule has 1 saturated carbocycles. The molecule has 0 amide bonds. The second-order valence-corrected chi connectivity index (χ2v) is 9.24. The first-order chi connectivity index (χ1) is 17.4. The maximum Gasteiger partial charge on any atom is 0.416 e. The fourth-order valence-electron chi connectivity index (χ4n) is 4.30. The van der Waals surface area contributed by atoms with Crippen LogP contribution in [0.4, 0.5) is 26.3 Å². The number of hydrogen-bond acceptors (Lipinski definition) is 4. The van der Waals surface area contributed by atoms with Gasteiger partial charge in [-0.2, -0.15) is 26.3 Å². The molecular formula is C26H23F6N3O2. The van der Waals surface area contributed by atoms with E-state index in [-0.39, 0.29) is 48.7 Å². The number of ketones is 1. The van der Waals surface area contributed by atoms with E-state index < -0.39 is 35.3 Å². The van der Waals surface area contributed by atoms with Gasteiger partial charge in [0, 0.05) is 48.2 Å². The Labute approximate surface area is 208 Å². The molecule has 0 spiro atoms. The molecule has 2 aromatic heterocycles. The Morgan fingerprint density at radius 3 is 2.27 bits per heavy atom. The molecule has 0 saturated heterocycles. The first kappa shape index (κ1) is 26.6. The van der Waals surface area contributed by atoms with E-state index in [2.05, 4.69) is 9.97 Å². The zero-order valence-corrected chi connectivity index (χ0v) is 19.6. The highest BCUT2D eigenvalue weighted by Crippen LogP contribution is 2.50. The predicted octanol–water partition coefficient (Wildman–Crippen LogP) is 5.90. The van der Waals surface area contributed by atoms with Crippen molar-refractivity contribution in [3.05, 3.63) is 82.2 Å². The molecule has 1 aromatic carbocycles. The molecule has 2 heterocycles. The fourth-order valence-corrected chi connectivity index (χ4v) is 4.30. The molecule has 37 heavy (non-hydrogen) atoms. The summed E-state index contributed by atoms with van der Waals surface area (Å²) < 4.78 is 78.0. The van der Waals surface area contributed by atoms with Crippen LogP contribution in [0, 0.1) is 0 Å². The maximum atomic E-state index is 13.0. The molecule has 5 nitrogen and oxygen atoms in total. The van der Waals surface area contributed by atoms with Crippen molar-refractivity contribution < 1.29 is 31.1 Å². The van der Waals surface area contributed by atoms with Gasteiger partial charge in [0.15, 0.2) is 5.78 Å². The minimum absolute atomic E-state index is 0.0246. The van der Waals surface area contributed by atoms with Gasteiger partial charge in [-0.25, -0.2) is 4.98 Å². The molecule has 11 heteroatoms. The number of pyridine rings is 1. The Kier molecular flexibility index (Phi) is 7.25. The van der Waals surface area contributed by atoms with Crippen LogP contribution in [0.3, 0.4) is 0 Å². The van der Waals surface area contributed by atoms with Crippen molar-refractivity contribution >= 4 is 5.78 Å². The second-order valence-electron chi connectivity index (χ2n) is 9.24. The summed E-state index contributed by atoms with van der Waals surface area (Å²) in [5.41, 5.74) is -0.960. The van der Waals surface area contributed by atoms with Gasteiger partial charge in [-0.05, 0) is 43.5 Å². The van der Waals surface area contributed by atoms with Gasteiger partial charge in [0.2, 0.25) is 0 Å². The number of nitrogens with zero attached hydrogens (tertiary/aromatic N) is 3. The zero-order chi connectivity index (χ0) is 26.8.